The van der Waals surface area contributed by atoms with E-state index < -0.39 is 0 Å². The van der Waals surface area contributed by atoms with Crippen LogP contribution in [0.25, 0.3) is 0 Å². The first-order valence-electron chi connectivity index (χ1n) is 9.93. The van der Waals surface area contributed by atoms with Crippen molar-refractivity contribution in [2.75, 3.05) is 45.9 Å². The summed E-state index contributed by atoms with van der Waals surface area (Å²) in [5.74, 6) is 2.76. The van der Waals surface area contributed by atoms with E-state index in [0.717, 1.165) is 63.5 Å². The van der Waals surface area contributed by atoms with E-state index in [-0.39, 0.29) is 34.9 Å². The van der Waals surface area contributed by atoms with Crippen molar-refractivity contribution in [3.63, 3.8) is 0 Å². The number of hydrogen-bond donors (Lipinski definition) is 1. The van der Waals surface area contributed by atoms with Crippen molar-refractivity contribution in [2.24, 2.45) is 17.5 Å². The number of nitrogens with one attached hydrogen (secondary N) is 1. The zero-order chi connectivity index (χ0) is 19.7. The van der Waals surface area contributed by atoms with Gasteiger partial charge >= 0.3 is 0 Å². The Bertz CT molecular complexity index is 680. The third kappa shape index (κ3) is 4.79. The molecule has 1 aromatic heterocycles. The largest absolute Gasteiger partial charge is 0.379 e. The number of aromatic nitrogens is 3. The first kappa shape index (κ1) is 23.3. The van der Waals surface area contributed by atoms with Gasteiger partial charge in [-0.3, -0.25) is 4.90 Å². The molecule has 0 aliphatic carbocycles. The maximum absolute atomic E-state index is 5.43. The first-order chi connectivity index (χ1) is 12.7. The molecule has 2 aliphatic rings. The van der Waals surface area contributed by atoms with Crippen LogP contribution in [0.15, 0.2) is 4.99 Å². The first-order valence-corrected chi connectivity index (χ1v) is 9.93. The standard InChI is InChI=1S/C19H35N7O.HI/c1-15-22-23-16(24(15)6)13-21-17(26-14-18(2,3)19(26,4)5)20-7-8-25-9-11-27-12-10-25;/h7-14H2,1-6H3,(H,20,21);1H. The van der Waals surface area contributed by atoms with E-state index in [4.69, 9.17) is 9.73 Å². The Balaban J connectivity index is 0.00000280. The van der Waals surface area contributed by atoms with Crippen molar-refractivity contribution in [2.45, 2.75) is 46.7 Å². The average Bonchev–Trinajstić information content (AvgIpc) is 2.96. The third-order valence-electron chi connectivity index (χ3n) is 6.51. The number of aryl methyl sites for hydroxylation is 1. The number of aliphatic imine (C=N–C) groups is 1. The van der Waals surface area contributed by atoms with Gasteiger partial charge in [0.05, 0.1) is 13.2 Å². The van der Waals surface area contributed by atoms with Crippen LogP contribution in [0.1, 0.15) is 39.3 Å². The number of halogens is 1. The van der Waals surface area contributed by atoms with E-state index in [2.05, 4.69) is 53.0 Å². The van der Waals surface area contributed by atoms with Crippen LogP contribution >= 0.6 is 24.0 Å². The maximum atomic E-state index is 5.43. The van der Waals surface area contributed by atoms with Gasteiger partial charge in [-0.25, -0.2) is 4.99 Å². The molecule has 0 amide bonds. The van der Waals surface area contributed by atoms with Gasteiger partial charge in [-0.2, -0.15) is 0 Å². The molecule has 160 valence electrons. The Morgan fingerprint density at radius 1 is 1.18 bits per heavy atom. The lowest BCUT2D eigenvalue weighted by molar-refractivity contribution is -0.0669. The summed E-state index contributed by atoms with van der Waals surface area (Å²) in [5, 5.41) is 12.0. The van der Waals surface area contributed by atoms with Gasteiger partial charge < -0.3 is 19.5 Å². The van der Waals surface area contributed by atoms with Gasteiger partial charge in [0.1, 0.15) is 12.4 Å². The van der Waals surface area contributed by atoms with Crippen molar-refractivity contribution < 1.29 is 4.74 Å². The Morgan fingerprint density at radius 2 is 1.86 bits per heavy atom. The number of likely N-dealkylation sites (tertiary alicyclic amines) is 1. The van der Waals surface area contributed by atoms with Crippen molar-refractivity contribution in [1.82, 2.24) is 29.9 Å². The van der Waals surface area contributed by atoms with Gasteiger partial charge in [0.2, 0.25) is 0 Å². The lowest BCUT2D eigenvalue weighted by Gasteiger charge is -2.62. The number of hydrogen-bond acceptors (Lipinski definition) is 5. The lowest BCUT2D eigenvalue weighted by Crippen LogP contribution is -2.72. The highest BCUT2D eigenvalue weighted by atomic mass is 127. The van der Waals surface area contributed by atoms with Crippen LogP contribution in [-0.2, 0) is 18.3 Å². The van der Waals surface area contributed by atoms with Crippen LogP contribution in [0.5, 0.6) is 0 Å². The van der Waals surface area contributed by atoms with Crippen LogP contribution in [0.3, 0.4) is 0 Å². The van der Waals surface area contributed by atoms with E-state index in [1.165, 1.54) is 0 Å². The molecule has 3 rings (SSSR count). The Hall–Kier alpha value is -0.940. The fraction of sp³-hybridized carbons (Fsp3) is 0.842. The lowest BCUT2D eigenvalue weighted by atomic mass is 9.65. The molecule has 0 aromatic carbocycles. The third-order valence-corrected chi connectivity index (χ3v) is 6.51. The van der Waals surface area contributed by atoms with E-state index in [1.54, 1.807) is 0 Å². The highest BCUT2D eigenvalue weighted by molar-refractivity contribution is 14.0. The minimum Gasteiger partial charge on any atom is -0.379 e. The minimum atomic E-state index is 0. The van der Waals surface area contributed by atoms with E-state index in [9.17, 15) is 0 Å². The summed E-state index contributed by atoms with van der Waals surface area (Å²) in [4.78, 5) is 9.72. The van der Waals surface area contributed by atoms with Gasteiger partial charge in [0.25, 0.3) is 0 Å². The quantitative estimate of drug-likeness (QED) is 0.373. The molecule has 0 unspecified atom stereocenters. The Labute approximate surface area is 186 Å². The van der Waals surface area contributed by atoms with Gasteiger partial charge in [0, 0.05) is 50.7 Å². The van der Waals surface area contributed by atoms with Crippen LogP contribution < -0.4 is 5.32 Å². The molecule has 0 atom stereocenters. The summed E-state index contributed by atoms with van der Waals surface area (Å²) in [7, 11) is 1.99. The number of rotatable bonds is 5. The second-order valence-electron chi connectivity index (χ2n) is 8.77. The molecular formula is C19H36IN7O. The Morgan fingerprint density at radius 3 is 2.39 bits per heavy atom. The summed E-state index contributed by atoms with van der Waals surface area (Å²) in [6, 6.07) is 0. The molecule has 2 saturated heterocycles. The SMILES string of the molecule is Cc1nnc(CN=C(NCCN2CCOCC2)N2CC(C)(C)C2(C)C)n1C.I. The number of guanidine groups is 1. The fourth-order valence-corrected chi connectivity index (χ4v) is 3.52. The summed E-state index contributed by atoms with van der Waals surface area (Å²) in [6.45, 7) is 18.3. The van der Waals surface area contributed by atoms with Crippen molar-refractivity contribution in [3.8, 4) is 0 Å². The molecule has 8 nitrogen and oxygen atoms in total. The number of nitrogens with zero attached hydrogens (tertiary/aromatic N) is 6. The van der Waals surface area contributed by atoms with Crippen LogP contribution in [0.4, 0.5) is 0 Å². The number of ether oxygens (including phenoxy) is 1. The van der Waals surface area contributed by atoms with E-state index in [0.29, 0.717) is 6.54 Å². The zero-order valence-corrected chi connectivity index (χ0v) is 20.5. The zero-order valence-electron chi connectivity index (χ0n) is 18.2. The molecule has 9 heteroatoms. The Kier molecular flexibility index (Phi) is 7.71. The summed E-state index contributed by atoms with van der Waals surface area (Å²) < 4.78 is 7.43. The molecule has 1 N–H and O–H groups in total. The highest BCUT2D eigenvalue weighted by Gasteiger charge is 2.53. The predicted octanol–water partition coefficient (Wildman–Crippen LogP) is 1.64. The molecule has 0 bridgehead atoms. The molecule has 3 heterocycles. The maximum Gasteiger partial charge on any atom is 0.194 e. The van der Waals surface area contributed by atoms with Crippen LogP contribution in [-0.4, -0.2) is 82.0 Å². The van der Waals surface area contributed by atoms with E-state index in [1.807, 2.05) is 18.5 Å². The molecule has 1 aromatic rings. The summed E-state index contributed by atoms with van der Waals surface area (Å²) >= 11 is 0. The molecule has 28 heavy (non-hydrogen) atoms. The van der Waals surface area contributed by atoms with Crippen LogP contribution in [0, 0.1) is 12.3 Å². The van der Waals surface area contributed by atoms with Gasteiger partial charge in [0.15, 0.2) is 11.8 Å². The summed E-state index contributed by atoms with van der Waals surface area (Å²) in [5.41, 5.74) is 0.328. The second-order valence-corrected chi connectivity index (χ2v) is 8.77. The molecule has 0 radical (unpaired) electrons. The van der Waals surface area contributed by atoms with Crippen molar-refractivity contribution >= 4 is 29.9 Å². The van der Waals surface area contributed by atoms with Crippen molar-refractivity contribution in [3.05, 3.63) is 11.6 Å². The summed E-state index contributed by atoms with van der Waals surface area (Å²) in [6.07, 6.45) is 0. The van der Waals surface area contributed by atoms with Gasteiger partial charge in [-0.15, -0.1) is 34.2 Å². The highest BCUT2D eigenvalue weighted by Crippen LogP contribution is 2.46. The topological polar surface area (TPSA) is 70.8 Å². The number of morpholine rings is 1. The fourth-order valence-electron chi connectivity index (χ4n) is 3.52. The molecule has 2 fully saturated rings. The second kappa shape index (κ2) is 9.25. The monoisotopic (exact) mass is 505 g/mol. The normalized spacial score (nSPS) is 21.8. The van der Waals surface area contributed by atoms with Gasteiger partial charge in [-0.05, 0) is 20.8 Å². The molecule has 0 saturated carbocycles. The molecular weight excluding hydrogens is 469 g/mol. The van der Waals surface area contributed by atoms with Gasteiger partial charge in [-0.1, -0.05) is 13.8 Å². The van der Waals surface area contributed by atoms with Crippen LogP contribution in [0.2, 0.25) is 0 Å². The smallest absolute Gasteiger partial charge is 0.194 e. The van der Waals surface area contributed by atoms with E-state index >= 15 is 0 Å². The predicted molar refractivity (Wildman–Crippen MR) is 122 cm³/mol. The molecule has 0 spiro atoms. The van der Waals surface area contributed by atoms with Crippen molar-refractivity contribution in [1.29, 1.82) is 0 Å². The molecule has 2 aliphatic heterocycles. The minimum absolute atomic E-state index is 0. The average molecular weight is 505 g/mol.